The first-order valence-electron chi connectivity index (χ1n) is 5.58. The van der Waals surface area contributed by atoms with Gasteiger partial charge in [0.15, 0.2) is 0 Å². The zero-order valence-corrected chi connectivity index (χ0v) is 9.67. The molecule has 2 N–H and O–H groups in total. The highest BCUT2D eigenvalue weighted by atomic mass is 16.5. The van der Waals surface area contributed by atoms with Crippen LogP contribution in [0.15, 0.2) is 0 Å². The van der Waals surface area contributed by atoms with Gasteiger partial charge >= 0.3 is 0 Å². The number of nitrogens with zero attached hydrogens (tertiary/aromatic N) is 1. The van der Waals surface area contributed by atoms with Crippen LogP contribution in [0, 0.1) is 19.8 Å². The number of H-pyrrole nitrogens is 1. The second-order valence-corrected chi connectivity index (χ2v) is 4.18. The van der Waals surface area contributed by atoms with Crippen molar-refractivity contribution in [1.82, 2.24) is 10.2 Å². The van der Waals surface area contributed by atoms with Gasteiger partial charge in [0.2, 0.25) is 5.91 Å². The highest BCUT2D eigenvalue weighted by molar-refractivity contribution is 5.93. The van der Waals surface area contributed by atoms with E-state index in [9.17, 15) is 4.79 Å². The van der Waals surface area contributed by atoms with Gasteiger partial charge in [-0.15, -0.1) is 0 Å². The first-order valence-corrected chi connectivity index (χ1v) is 5.58. The molecule has 2 rings (SSSR count). The average molecular weight is 223 g/mol. The van der Waals surface area contributed by atoms with Crippen LogP contribution >= 0.6 is 0 Å². The van der Waals surface area contributed by atoms with E-state index in [2.05, 4.69) is 15.5 Å². The summed E-state index contributed by atoms with van der Waals surface area (Å²) >= 11 is 0. The third kappa shape index (κ3) is 2.24. The number of anilines is 1. The number of amides is 1. The van der Waals surface area contributed by atoms with Crippen LogP contribution < -0.4 is 5.32 Å². The fourth-order valence-corrected chi connectivity index (χ4v) is 1.92. The second-order valence-electron chi connectivity index (χ2n) is 4.18. The molecule has 0 spiro atoms. The summed E-state index contributed by atoms with van der Waals surface area (Å²) < 4.78 is 5.23. The Morgan fingerprint density at radius 1 is 1.44 bits per heavy atom. The van der Waals surface area contributed by atoms with Crippen LogP contribution in [0.4, 0.5) is 5.69 Å². The summed E-state index contributed by atoms with van der Waals surface area (Å²) in [4.78, 5) is 12.0. The van der Waals surface area contributed by atoms with Gasteiger partial charge in [-0.05, 0) is 26.7 Å². The third-order valence-corrected chi connectivity index (χ3v) is 2.97. The van der Waals surface area contributed by atoms with Crippen LogP contribution in [0.5, 0.6) is 0 Å². The van der Waals surface area contributed by atoms with E-state index < -0.39 is 0 Å². The van der Waals surface area contributed by atoms with Crippen molar-refractivity contribution < 1.29 is 9.53 Å². The number of ether oxygens (including phenoxy) is 1. The smallest absolute Gasteiger partial charge is 0.227 e. The molecular formula is C11H17N3O2. The Bertz CT molecular complexity index is 361. The van der Waals surface area contributed by atoms with Crippen LogP contribution in [-0.4, -0.2) is 29.3 Å². The van der Waals surface area contributed by atoms with E-state index in [1.165, 1.54) is 0 Å². The lowest BCUT2D eigenvalue weighted by Crippen LogP contribution is -2.28. The summed E-state index contributed by atoms with van der Waals surface area (Å²) in [6.45, 7) is 5.14. The molecule has 0 atom stereocenters. The van der Waals surface area contributed by atoms with E-state index in [1.54, 1.807) is 0 Å². The molecule has 2 heterocycles. The Kier molecular flexibility index (Phi) is 3.24. The Morgan fingerprint density at radius 2 is 2.12 bits per heavy atom. The van der Waals surface area contributed by atoms with E-state index in [1.807, 2.05) is 13.8 Å². The minimum absolute atomic E-state index is 0.0717. The lowest BCUT2D eigenvalue weighted by atomic mass is 9.99. The molecular weight excluding hydrogens is 206 g/mol. The number of carbonyl (C=O) groups excluding carboxylic acids is 1. The highest BCUT2D eigenvalue weighted by Gasteiger charge is 2.22. The number of carbonyl (C=O) groups is 1. The summed E-state index contributed by atoms with van der Waals surface area (Å²) in [5.74, 6) is 0.151. The molecule has 0 aromatic carbocycles. The maximum atomic E-state index is 12.0. The highest BCUT2D eigenvalue weighted by Crippen LogP contribution is 2.20. The lowest BCUT2D eigenvalue weighted by molar-refractivity contribution is -0.122. The first kappa shape index (κ1) is 11.1. The number of aryl methyl sites for hydroxylation is 2. The molecule has 0 unspecified atom stereocenters. The molecule has 0 bridgehead atoms. The Morgan fingerprint density at radius 3 is 2.69 bits per heavy atom. The second kappa shape index (κ2) is 4.65. The van der Waals surface area contributed by atoms with Gasteiger partial charge in [0.25, 0.3) is 0 Å². The van der Waals surface area contributed by atoms with Crippen LogP contribution in [0.3, 0.4) is 0 Å². The van der Waals surface area contributed by atoms with E-state index in [4.69, 9.17) is 4.74 Å². The van der Waals surface area contributed by atoms with Crippen molar-refractivity contribution in [2.75, 3.05) is 18.5 Å². The number of hydrogen-bond donors (Lipinski definition) is 2. The minimum Gasteiger partial charge on any atom is -0.381 e. The normalized spacial score (nSPS) is 17.4. The molecule has 0 aliphatic carbocycles. The Balaban J connectivity index is 2.01. The molecule has 1 aliphatic heterocycles. The number of aromatic nitrogens is 2. The van der Waals surface area contributed by atoms with Crippen molar-refractivity contribution in [2.45, 2.75) is 26.7 Å². The fraction of sp³-hybridized carbons (Fsp3) is 0.636. The molecule has 1 fully saturated rings. The Hall–Kier alpha value is -1.36. The summed E-state index contributed by atoms with van der Waals surface area (Å²) in [6.07, 6.45) is 1.61. The minimum atomic E-state index is 0.0717. The molecule has 16 heavy (non-hydrogen) atoms. The largest absolute Gasteiger partial charge is 0.381 e. The van der Waals surface area contributed by atoms with Gasteiger partial charge in [-0.3, -0.25) is 9.89 Å². The number of hydrogen-bond acceptors (Lipinski definition) is 3. The summed E-state index contributed by atoms with van der Waals surface area (Å²) in [5.41, 5.74) is 2.55. The van der Waals surface area contributed by atoms with Crippen molar-refractivity contribution in [1.29, 1.82) is 0 Å². The predicted octanol–water partition coefficient (Wildman–Crippen LogP) is 1.39. The van der Waals surface area contributed by atoms with Crippen LogP contribution in [-0.2, 0) is 9.53 Å². The van der Waals surface area contributed by atoms with E-state index in [-0.39, 0.29) is 11.8 Å². The predicted molar refractivity (Wildman–Crippen MR) is 60.2 cm³/mol. The van der Waals surface area contributed by atoms with Gasteiger partial charge in [-0.2, -0.15) is 5.10 Å². The molecule has 0 saturated carbocycles. The molecule has 1 aromatic heterocycles. The van der Waals surface area contributed by atoms with Gasteiger partial charge < -0.3 is 10.1 Å². The molecule has 1 aromatic rings. The molecule has 5 nitrogen and oxygen atoms in total. The van der Waals surface area contributed by atoms with E-state index >= 15 is 0 Å². The maximum absolute atomic E-state index is 12.0. The monoisotopic (exact) mass is 223 g/mol. The number of nitrogens with one attached hydrogen (secondary N) is 2. The molecule has 0 radical (unpaired) electrons. The van der Waals surface area contributed by atoms with Crippen molar-refractivity contribution in [3.63, 3.8) is 0 Å². The van der Waals surface area contributed by atoms with Crippen molar-refractivity contribution in [3.05, 3.63) is 11.4 Å². The van der Waals surface area contributed by atoms with Crippen molar-refractivity contribution in [3.8, 4) is 0 Å². The zero-order chi connectivity index (χ0) is 11.5. The molecule has 1 aliphatic rings. The first-order chi connectivity index (χ1) is 7.68. The fourth-order valence-electron chi connectivity index (χ4n) is 1.92. The van der Waals surface area contributed by atoms with Crippen LogP contribution in [0.1, 0.15) is 24.2 Å². The molecule has 88 valence electrons. The van der Waals surface area contributed by atoms with Crippen molar-refractivity contribution in [2.24, 2.45) is 5.92 Å². The lowest BCUT2D eigenvalue weighted by Gasteiger charge is -2.21. The maximum Gasteiger partial charge on any atom is 0.227 e. The summed E-state index contributed by atoms with van der Waals surface area (Å²) in [7, 11) is 0. The van der Waals surface area contributed by atoms with Crippen LogP contribution in [0.25, 0.3) is 0 Å². The van der Waals surface area contributed by atoms with Gasteiger partial charge in [0.1, 0.15) is 0 Å². The average Bonchev–Trinajstić information content (AvgIpc) is 2.62. The molecule has 1 saturated heterocycles. The van der Waals surface area contributed by atoms with Gasteiger partial charge in [0.05, 0.1) is 17.1 Å². The quantitative estimate of drug-likeness (QED) is 0.796. The summed E-state index contributed by atoms with van der Waals surface area (Å²) in [5, 5.41) is 9.85. The molecule has 5 heteroatoms. The van der Waals surface area contributed by atoms with Gasteiger partial charge in [0, 0.05) is 19.1 Å². The third-order valence-electron chi connectivity index (χ3n) is 2.97. The van der Waals surface area contributed by atoms with E-state index in [0.29, 0.717) is 13.2 Å². The van der Waals surface area contributed by atoms with E-state index in [0.717, 1.165) is 29.9 Å². The number of aromatic amines is 1. The topological polar surface area (TPSA) is 67.0 Å². The molecule has 1 amide bonds. The summed E-state index contributed by atoms with van der Waals surface area (Å²) in [6, 6.07) is 0. The standard InChI is InChI=1S/C11H17N3O2/c1-7-10(8(2)14-13-7)12-11(15)9-3-5-16-6-4-9/h9H,3-6H2,1-2H3,(H,12,15)(H,13,14). The van der Waals surface area contributed by atoms with Gasteiger partial charge in [-0.25, -0.2) is 0 Å². The van der Waals surface area contributed by atoms with Crippen LogP contribution in [0.2, 0.25) is 0 Å². The number of rotatable bonds is 2. The Labute approximate surface area is 94.6 Å². The SMILES string of the molecule is Cc1n[nH]c(C)c1NC(=O)C1CCOCC1. The zero-order valence-electron chi connectivity index (χ0n) is 9.67. The van der Waals surface area contributed by atoms with Gasteiger partial charge in [-0.1, -0.05) is 0 Å². The van der Waals surface area contributed by atoms with Crippen molar-refractivity contribution >= 4 is 11.6 Å².